The van der Waals surface area contributed by atoms with E-state index in [1.54, 1.807) is 0 Å². The Labute approximate surface area is 311 Å². The predicted octanol–water partition coefficient (Wildman–Crippen LogP) is 4.60. The van der Waals surface area contributed by atoms with E-state index in [1.165, 1.54) is 29.8 Å². The largest absolute Gasteiger partial charge is 0.760 e. The molecule has 3 aromatic rings. The number of hydrogen-bond donors (Lipinski definition) is 2. The van der Waals surface area contributed by atoms with Crippen molar-refractivity contribution in [2.45, 2.75) is 45.0 Å². The molecule has 0 saturated carbocycles. The van der Waals surface area contributed by atoms with Gasteiger partial charge in [0.2, 0.25) is 0 Å². The number of nitrogens with zero attached hydrogens (tertiary/aromatic N) is 2. The summed E-state index contributed by atoms with van der Waals surface area (Å²) in [5.41, 5.74) is -1.82. The fourth-order valence-corrected chi connectivity index (χ4v) is 4.83. The number of aryl methyl sites for hydroxylation is 2. The maximum Gasteiger partial charge on any atom is 0.534 e. The molecule has 2 atom stereocenters. The molecule has 52 heavy (non-hydrogen) atoms. The molecule has 2 unspecified atom stereocenters. The summed E-state index contributed by atoms with van der Waals surface area (Å²) in [7, 11) is 2.24. The second kappa shape index (κ2) is 26.7. The fourth-order valence-electron chi connectivity index (χ4n) is 3.74. The molecule has 0 heterocycles. The summed E-state index contributed by atoms with van der Waals surface area (Å²) in [6, 6.07) is 22.6. The van der Waals surface area contributed by atoms with Gasteiger partial charge in [-0.1, -0.05) is 74.5 Å². The van der Waals surface area contributed by atoms with Crippen molar-refractivity contribution in [2.75, 3.05) is 54.4 Å². The van der Waals surface area contributed by atoms with Crippen LogP contribution >= 0.6 is 0 Å². The average molecular weight is 795 g/mol. The van der Waals surface area contributed by atoms with Gasteiger partial charge in [-0.2, -0.15) is 21.6 Å². The SMILES string of the molecule is CCc1ccc(OS(=O)(=O)C(F)(F)F)cc1.CCc1cccc(C(=O)c2ccccc2)c1.CN(C)CCCNS(=O)[O-].CN(C)CCCNS(=O)[O-]. The molecule has 3 aromatic carbocycles. The maximum atomic E-state index is 12.1. The van der Waals surface area contributed by atoms with Gasteiger partial charge >= 0.3 is 15.6 Å². The second-order valence-corrected chi connectivity index (χ2v) is 14.4. The summed E-state index contributed by atoms with van der Waals surface area (Å²) >= 11 is -4.20. The second-order valence-electron chi connectivity index (χ2n) is 11.3. The molecular weight excluding hydrogens is 746 g/mol. The van der Waals surface area contributed by atoms with E-state index >= 15 is 0 Å². The minimum absolute atomic E-state index is 0.0934. The number of alkyl halides is 3. The average Bonchev–Trinajstić information content (AvgIpc) is 3.09. The molecule has 0 spiro atoms. The Hall–Kier alpha value is -3.07. The first-order valence-corrected chi connectivity index (χ1v) is 19.6. The monoisotopic (exact) mass is 794 g/mol. The molecule has 18 heteroatoms. The third-order valence-corrected chi connectivity index (χ3v) is 8.32. The summed E-state index contributed by atoms with van der Waals surface area (Å²) in [5, 5.41) is 0. The summed E-state index contributed by atoms with van der Waals surface area (Å²) in [6.45, 7) is 6.81. The van der Waals surface area contributed by atoms with E-state index < -0.39 is 38.2 Å². The topological polar surface area (TPSA) is 171 Å². The van der Waals surface area contributed by atoms with Crippen LogP contribution in [0.5, 0.6) is 5.75 Å². The zero-order valence-electron chi connectivity index (χ0n) is 30.2. The van der Waals surface area contributed by atoms with Crippen LogP contribution in [0.15, 0.2) is 78.9 Å². The molecule has 3 rings (SSSR count). The quantitative estimate of drug-likeness (QED) is 0.0687. The summed E-state index contributed by atoms with van der Waals surface area (Å²) in [5.74, 6) is -0.259. The summed E-state index contributed by atoms with van der Waals surface area (Å²) in [4.78, 5) is 16.1. The third kappa shape index (κ3) is 23.5. The molecule has 0 aliphatic heterocycles. The van der Waals surface area contributed by atoms with E-state index in [4.69, 9.17) is 0 Å². The Morgan fingerprint density at radius 2 is 1.19 bits per heavy atom. The van der Waals surface area contributed by atoms with Crippen LogP contribution in [0, 0.1) is 0 Å². The highest BCUT2D eigenvalue weighted by atomic mass is 32.2. The van der Waals surface area contributed by atoms with Gasteiger partial charge < -0.3 is 23.1 Å². The number of benzene rings is 3. The van der Waals surface area contributed by atoms with Gasteiger partial charge in [-0.3, -0.25) is 13.2 Å². The summed E-state index contributed by atoms with van der Waals surface area (Å²) < 4.78 is 105. The first kappa shape index (κ1) is 48.9. The van der Waals surface area contributed by atoms with Crippen molar-refractivity contribution in [2.24, 2.45) is 0 Å². The van der Waals surface area contributed by atoms with Gasteiger partial charge in [0, 0.05) is 46.7 Å². The molecule has 0 aliphatic rings. The molecule has 294 valence electrons. The number of rotatable bonds is 16. The van der Waals surface area contributed by atoms with E-state index in [2.05, 4.69) is 20.6 Å². The minimum Gasteiger partial charge on any atom is -0.760 e. The standard InChI is InChI=1S/C15H14O.C9H9F3O3S.2C5H14N2O2S/c1-2-12-7-6-10-14(11-12)15(16)13-8-4-3-5-9-13;1-2-7-3-5-8(6-4-7)15-16(13,14)9(10,11)12;2*1-7(2)5-3-4-6-10(8)9/h3-11H,2H2,1H3;3-6H,2H2,1H3;2*6H,3-5H2,1-2H3,(H,8,9)/p-2. The Bertz CT molecular complexity index is 1550. The third-order valence-electron chi connectivity index (χ3n) is 6.46. The Balaban J connectivity index is 0.000000686. The van der Waals surface area contributed by atoms with Crippen molar-refractivity contribution in [3.05, 3.63) is 101 Å². The van der Waals surface area contributed by atoms with Gasteiger partial charge in [0.25, 0.3) is 0 Å². The van der Waals surface area contributed by atoms with Crippen LogP contribution in [0.2, 0.25) is 0 Å². The van der Waals surface area contributed by atoms with Crippen molar-refractivity contribution in [1.82, 2.24) is 19.2 Å². The lowest BCUT2D eigenvalue weighted by atomic mass is 10.0. The Morgan fingerprint density at radius 3 is 1.60 bits per heavy atom. The highest BCUT2D eigenvalue weighted by molar-refractivity contribution is 7.88. The minimum atomic E-state index is -5.57. The fraction of sp³-hybridized carbons (Fsp3) is 0.441. The van der Waals surface area contributed by atoms with E-state index in [0.717, 1.165) is 49.0 Å². The molecular formula is C34H49F3N4O8S3-2. The van der Waals surface area contributed by atoms with Crippen LogP contribution < -0.4 is 13.6 Å². The van der Waals surface area contributed by atoms with Crippen LogP contribution in [0.1, 0.15) is 53.7 Å². The smallest absolute Gasteiger partial charge is 0.534 e. The highest BCUT2D eigenvalue weighted by Crippen LogP contribution is 2.27. The molecule has 2 N–H and O–H groups in total. The molecule has 0 aromatic heterocycles. The van der Waals surface area contributed by atoms with Crippen molar-refractivity contribution in [1.29, 1.82) is 0 Å². The van der Waals surface area contributed by atoms with E-state index in [0.29, 0.717) is 19.5 Å². The van der Waals surface area contributed by atoms with Crippen LogP contribution in [0.25, 0.3) is 0 Å². The van der Waals surface area contributed by atoms with E-state index in [-0.39, 0.29) is 11.5 Å². The van der Waals surface area contributed by atoms with Crippen LogP contribution in [0.3, 0.4) is 0 Å². The van der Waals surface area contributed by atoms with Crippen molar-refractivity contribution < 1.29 is 48.1 Å². The predicted molar refractivity (Wildman–Crippen MR) is 197 cm³/mol. The first-order valence-electron chi connectivity index (χ1n) is 16.1. The van der Waals surface area contributed by atoms with Crippen molar-refractivity contribution >= 4 is 38.4 Å². The lowest BCUT2D eigenvalue weighted by Gasteiger charge is -2.10. The van der Waals surface area contributed by atoms with Gasteiger partial charge in [-0.15, -0.1) is 0 Å². The maximum absolute atomic E-state index is 12.1. The molecule has 0 bridgehead atoms. The Morgan fingerprint density at radius 1 is 0.731 bits per heavy atom. The number of carbonyl (C=O) groups excluding carboxylic acids is 1. The lowest BCUT2D eigenvalue weighted by molar-refractivity contribution is -0.0500. The van der Waals surface area contributed by atoms with Crippen LogP contribution in [-0.2, 0) is 45.5 Å². The molecule has 0 radical (unpaired) electrons. The molecule has 12 nitrogen and oxygen atoms in total. The Kier molecular flexibility index (Phi) is 25.1. The molecule has 0 fully saturated rings. The van der Waals surface area contributed by atoms with Gasteiger partial charge in [0.05, 0.1) is 0 Å². The summed E-state index contributed by atoms with van der Waals surface area (Å²) in [6.07, 6.45) is 3.35. The van der Waals surface area contributed by atoms with Crippen LogP contribution in [-0.4, -0.2) is 101 Å². The zero-order valence-corrected chi connectivity index (χ0v) is 32.6. The number of nitrogens with one attached hydrogen (secondary N) is 2. The molecule has 0 amide bonds. The number of carbonyl (C=O) groups is 1. The lowest BCUT2D eigenvalue weighted by Crippen LogP contribution is -2.28. The van der Waals surface area contributed by atoms with Gasteiger partial charge in [-0.05, 0) is 96.3 Å². The van der Waals surface area contributed by atoms with Crippen molar-refractivity contribution in [3.8, 4) is 5.75 Å². The first-order chi connectivity index (χ1) is 24.3. The van der Waals surface area contributed by atoms with E-state index in [9.17, 15) is 43.9 Å². The number of ketones is 1. The van der Waals surface area contributed by atoms with Crippen molar-refractivity contribution in [3.63, 3.8) is 0 Å². The van der Waals surface area contributed by atoms with E-state index in [1.807, 2.05) is 99.5 Å². The number of hydrogen-bond acceptors (Lipinski definition) is 10. The number of halogens is 3. The normalized spacial score (nSPS) is 12.3. The molecule has 0 saturated heterocycles. The van der Waals surface area contributed by atoms with Crippen LogP contribution in [0.4, 0.5) is 13.2 Å². The highest BCUT2D eigenvalue weighted by Gasteiger charge is 2.48. The molecule has 0 aliphatic carbocycles. The van der Waals surface area contributed by atoms with Gasteiger partial charge in [0.15, 0.2) is 5.78 Å². The zero-order chi connectivity index (χ0) is 39.7. The van der Waals surface area contributed by atoms with Gasteiger partial charge in [0.1, 0.15) is 5.75 Å². The van der Waals surface area contributed by atoms with Gasteiger partial charge in [-0.25, -0.2) is 9.44 Å².